The number of ether oxygens (including phenoxy) is 8. The number of carbonyl (C=O) groups is 2. The van der Waals surface area contributed by atoms with Crippen molar-refractivity contribution in [1.29, 1.82) is 0 Å². The maximum Gasteiger partial charge on any atom is 0.471 e. The molecular formula is C46H82F6N2O13. The molecule has 12 atom stereocenters. The number of halogens is 6. The van der Waals surface area contributed by atoms with Crippen molar-refractivity contribution in [2.75, 3.05) is 47.3 Å². The molecule has 2 heterocycles. The fourth-order valence-electron chi connectivity index (χ4n) is 7.49. The van der Waals surface area contributed by atoms with Gasteiger partial charge in [0.1, 0.15) is 42.6 Å². The van der Waals surface area contributed by atoms with Crippen LogP contribution in [0, 0.1) is 0 Å². The second kappa shape index (κ2) is 35.6. The maximum absolute atomic E-state index is 12.9. The Hall–Kier alpha value is -2.44. The van der Waals surface area contributed by atoms with Crippen molar-refractivity contribution in [2.24, 2.45) is 0 Å². The van der Waals surface area contributed by atoms with Crippen LogP contribution in [0.5, 0.6) is 0 Å². The summed E-state index contributed by atoms with van der Waals surface area (Å²) in [5.41, 5.74) is 0. The van der Waals surface area contributed by atoms with E-state index in [0.29, 0.717) is 19.3 Å². The van der Waals surface area contributed by atoms with Crippen LogP contribution in [0.1, 0.15) is 125 Å². The first-order valence-electron chi connectivity index (χ1n) is 23.2. The van der Waals surface area contributed by atoms with E-state index in [9.17, 15) is 51.3 Å². The Kier molecular flexibility index (Phi) is 34.3. The van der Waals surface area contributed by atoms with Crippen molar-refractivity contribution in [3.63, 3.8) is 0 Å². The van der Waals surface area contributed by atoms with Gasteiger partial charge in [0.05, 0.1) is 38.1 Å². The first-order chi connectivity index (χ1) is 31.4. The van der Waals surface area contributed by atoms with Gasteiger partial charge in [-0.15, -0.1) is 13.2 Å². The van der Waals surface area contributed by atoms with E-state index in [4.69, 9.17) is 37.9 Å². The number of aliphatic hydroxyl groups excluding tert-OH is 3. The predicted molar refractivity (Wildman–Crippen MR) is 239 cm³/mol. The van der Waals surface area contributed by atoms with Crippen LogP contribution in [0.2, 0.25) is 0 Å². The average molecular weight is 985 g/mol. The van der Waals surface area contributed by atoms with Crippen LogP contribution in [0.25, 0.3) is 0 Å². The number of hydrogen-bond donors (Lipinski definition) is 5. The van der Waals surface area contributed by atoms with Gasteiger partial charge in [0.25, 0.3) is 0 Å². The topological polar surface area (TPSA) is 193 Å². The van der Waals surface area contributed by atoms with E-state index in [1.54, 1.807) is 26.5 Å². The molecule has 21 heteroatoms. The van der Waals surface area contributed by atoms with Crippen molar-refractivity contribution in [2.45, 2.75) is 210 Å². The molecule has 0 aromatic carbocycles. The lowest BCUT2D eigenvalue weighted by Gasteiger charge is -2.44. The minimum absolute atomic E-state index is 0. The van der Waals surface area contributed by atoms with Gasteiger partial charge >= 0.3 is 24.2 Å². The van der Waals surface area contributed by atoms with Crippen molar-refractivity contribution >= 4 is 11.8 Å². The predicted octanol–water partition coefficient (Wildman–Crippen LogP) is 6.98. The molecule has 396 valence electrons. The van der Waals surface area contributed by atoms with Crippen LogP contribution in [-0.2, 0) is 47.5 Å². The lowest BCUT2D eigenvalue weighted by molar-refractivity contribution is -0.276. The van der Waals surface area contributed by atoms with Crippen LogP contribution in [0.15, 0.2) is 25.3 Å². The van der Waals surface area contributed by atoms with E-state index in [2.05, 4.69) is 27.0 Å². The van der Waals surface area contributed by atoms with E-state index in [1.807, 2.05) is 5.32 Å². The molecule has 2 fully saturated rings. The van der Waals surface area contributed by atoms with E-state index in [0.717, 1.165) is 57.8 Å². The molecule has 0 radical (unpaired) electrons. The van der Waals surface area contributed by atoms with Crippen LogP contribution in [0.4, 0.5) is 26.3 Å². The quantitative estimate of drug-likeness (QED) is 0.0264. The van der Waals surface area contributed by atoms with Crippen molar-refractivity contribution in [3.8, 4) is 0 Å². The average Bonchev–Trinajstić information content (AvgIpc) is 3.28. The van der Waals surface area contributed by atoms with E-state index >= 15 is 0 Å². The summed E-state index contributed by atoms with van der Waals surface area (Å²) in [6, 6.07) is -2.82. The highest BCUT2D eigenvalue weighted by Gasteiger charge is 2.51. The van der Waals surface area contributed by atoms with Crippen molar-refractivity contribution in [3.05, 3.63) is 25.3 Å². The fourth-order valence-corrected chi connectivity index (χ4v) is 7.49. The summed E-state index contributed by atoms with van der Waals surface area (Å²) in [7, 11) is 3.19. The van der Waals surface area contributed by atoms with Crippen molar-refractivity contribution < 1.29 is 89.1 Å². The zero-order chi connectivity index (χ0) is 49.7. The van der Waals surface area contributed by atoms with Gasteiger partial charge in [-0.2, -0.15) is 26.3 Å². The molecule has 0 bridgehead atoms. The Labute approximate surface area is 393 Å². The van der Waals surface area contributed by atoms with Crippen LogP contribution in [-0.4, -0.2) is 160 Å². The summed E-state index contributed by atoms with van der Waals surface area (Å²) in [5, 5.41) is 34.5. The van der Waals surface area contributed by atoms with Crippen molar-refractivity contribution in [1.82, 2.24) is 10.6 Å². The molecule has 0 aromatic rings. The van der Waals surface area contributed by atoms with Gasteiger partial charge in [0.15, 0.2) is 12.6 Å². The number of carbonyl (C=O) groups excluding carboxylic acids is 2. The zero-order valence-corrected chi connectivity index (χ0v) is 39.3. The number of methoxy groups -OCH3 is 2. The third-order valence-electron chi connectivity index (χ3n) is 11.2. The number of alkyl halides is 6. The lowest BCUT2D eigenvalue weighted by atomic mass is 9.94. The fraction of sp³-hybridized carbons (Fsp3) is 0.870. The summed E-state index contributed by atoms with van der Waals surface area (Å²) < 4.78 is 122. The largest absolute Gasteiger partial charge is 0.471 e. The molecule has 0 unspecified atom stereocenters. The third kappa shape index (κ3) is 24.3. The number of aliphatic hydroxyl groups is 3. The van der Waals surface area contributed by atoms with Gasteiger partial charge in [0, 0.05) is 27.4 Å². The lowest BCUT2D eigenvalue weighted by Crippen LogP contribution is -2.66. The number of amides is 2. The molecule has 0 spiro atoms. The molecule has 2 saturated heterocycles. The Balaban J connectivity index is 0.00000128. The molecule has 2 aliphatic rings. The molecular weight excluding hydrogens is 902 g/mol. The Bertz CT molecular complexity index is 1220. The molecule has 0 saturated carbocycles. The number of rotatable bonds is 32. The minimum Gasteiger partial charge on any atom is -0.394 e. The molecule has 2 aliphatic heterocycles. The van der Waals surface area contributed by atoms with E-state index in [-0.39, 0.29) is 46.1 Å². The molecule has 2 amide bonds. The molecule has 67 heavy (non-hydrogen) atoms. The van der Waals surface area contributed by atoms with Gasteiger partial charge < -0.3 is 63.8 Å². The maximum atomic E-state index is 12.9. The highest BCUT2D eigenvalue weighted by molar-refractivity contribution is 5.82. The number of hydrogen-bond acceptors (Lipinski definition) is 13. The number of unbranched alkanes of at least 4 members (excludes halogenated alkanes) is 8. The first kappa shape index (κ1) is 64.6. The Morgan fingerprint density at radius 1 is 0.627 bits per heavy atom. The second-order valence-corrected chi connectivity index (χ2v) is 16.3. The van der Waals surface area contributed by atoms with E-state index in [1.165, 1.54) is 31.4 Å². The SMILES string of the molecule is C.C=CCO[C@H]1O[C@H](CC)[C@@H](O)[C@H](OCC[C@@H](CCCCCCC)OC)[C@H]1NC(=O)C(F)(F)F.C=CCO[C@H]1O[C@H](CO)[C@@H](O)[C@H](OCC[C@@H](CCCCCCC)OC)[C@H]1NC(=O)C(F)(F)F. The normalized spacial score (nSPS) is 26.3. The monoisotopic (exact) mass is 985 g/mol. The third-order valence-corrected chi connectivity index (χ3v) is 11.2. The Morgan fingerprint density at radius 2 is 1.00 bits per heavy atom. The Morgan fingerprint density at radius 3 is 1.33 bits per heavy atom. The molecule has 2 rings (SSSR count). The number of nitrogens with one attached hydrogen (secondary N) is 2. The summed E-state index contributed by atoms with van der Waals surface area (Å²) in [5.74, 6) is -4.37. The van der Waals surface area contributed by atoms with Gasteiger partial charge in [0.2, 0.25) is 0 Å². The molecule has 0 aromatic heterocycles. The summed E-state index contributed by atoms with van der Waals surface area (Å²) >= 11 is 0. The second-order valence-electron chi connectivity index (χ2n) is 16.3. The first-order valence-corrected chi connectivity index (χ1v) is 23.2. The van der Waals surface area contributed by atoms with Gasteiger partial charge in [-0.25, -0.2) is 0 Å². The summed E-state index contributed by atoms with van der Waals surface area (Å²) in [6.45, 7) is 12.5. The van der Waals surface area contributed by atoms with Crippen LogP contribution in [0.3, 0.4) is 0 Å². The molecule has 5 N–H and O–H groups in total. The zero-order valence-electron chi connectivity index (χ0n) is 39.3. The highest BCUT2D eigenvalue weighted by atomic mass is 19.4. The highest BCUT2D eigenvalue weighted by Crippen LogP contribution is 2.29. The van der Waals surface area contributed by atoms with Crippen LogP contribution < -0.4 is 10.6 Å². The minimum atomic E-state index is -5.15. The van der Waals surface area contributed by atoms with Gasteiger partial charge in [-0.3, -0.25) is 9.59 Å². The van der Waals surface area contributed by atoms with Gasteiger partial charge in [-0.05, 0) is 32.1 Å². The molecule has 15 nitrogen and oxygen atoms in total. The van der Waals surface area contributed by atoms with Crippen LogP contribution >= 0.6 is 0 Å². The smallest absolute Gasteiger partial charge is 0.394 e. The van der Waals surface area contributed by atoms with E-state index < -0.39 is 92.1 Å². The van der Waals surface area contributed by atoms with Gasteiger partial charge in [-0.1, -0.05) is 105 Å². The molecule has 0 aliphatic carbocycles. The standard InChI is InChI=1S/C23H40F3NO6.C22H38F3NO7.CH4/c1-5-8-9-10-11-12-16(30-4)13-15-31-20-18(27-22(29)23(24,25)26)21(32-14-6-2)33-17(7-3)19(20)28;1-4-6-7-8-9-10-15(30-3)11-13-31-19-17(26-21(29)22(23,24)25)20(32-12-5-2)33-16(14-27)18(19)28;/h6,16-21,28H,2,5,7-15H2,1,3-4H3,(H,27,29);5,15-20,27-28H,2,4,6-14H2,1,3H3,(H,26,29);1H4/t16-,17-,18-,19-,20-,21+;15-,16-,17-,18-,19-,20+;/m11./s1. The summed E-state index contributed by atoms with van der Waals surface area (Å²) in [6.07, 6.45) is -3.21. The summed E-state index contributed by atoms with van der Waals surface area (Å²) in [4.78, 5) is 23.3.